The molecule has 2 rings (SSSR count). The number of nitrogens with one attached hydrogen (secondary N) is 1. The molecule has 0 radical (unpaired) electrons. The second-order valence-corrected chi connectivity index (χ2v) is 12.9. The maximum absolute atomic E-state index is 7.97. The van der Waals surface area contributed by atoms with Crippen molar-refractivity contribution < 1.29 is 9.47 Å². The third kappa shape index (κ3) is 5.74. The lowest BCUT2D eigenvalue weighted by atomic mass is 10.2. The molecular weight excluding hydrogens is 316 g/mol. The van der Waals surface area contributed by atoms with Crippen molar-refractivity contribution in [1.29, 1.82) is 5.41 Å². The van der Waals surface area contributed by atoms with Gasteiger partial charge in [-0.2, -0.15) is 0 Å². The quantitative estimate of drug-likeness (QED) is 0.538. The van der Waals surface area contributed by atoms with Gasteiger partial charge in [0, 0.05) is 20.4 Å². The Balaban J connectivity index is 1.81. The van der Waals surface area contributed by atoms with Crippen LogP contribution in [0.25, 0.3) is 0 Å². The monoisotopic (exact) mass is 344 g/mol. The fraction of sp³-hybridized carbons (Fsp3) is 0.421. The largest absolute Gasteiger partial charge is 0.371 e. The molecule has 24 heavy (non-hydrogen) atoms. The summed E-state index contributed by atoms with van der Waals surface area (Å²) < 4.78 is 11.6. The Bertz CT molecular complexity index is 606. The number of benzene rings is 1. The van der Waals surface area contributed by atoms with E-state index in [2.05, 4.69) is 26.2 Å². The lowest BCUT2D eigenvalue weighted by Gasteiger charge is -2.24. The Morgan fingerprint density at radius 1 is 1.08 bits per heavy atom. The van der Waals surface area contributed by atoms with Crippen LogP contribution in [0.5, 0.6) is 0 Å². The van der Waals surface area contributed by atoms with E-state index in [-0.39, 0.29) is 0 Å². The second-order valence-electron chi connectivity index (χ2n) is 7.25. The highest BCUT2D eigenvalue weighted by Gasteiger charge is 2.23. The molecule has 0 atom stereocenters. The maximum atomic E-state index is 7.97. The predicted molar refractivity (Wildman–Crippen MR) is 102 cm³/mol. The molecule has 1 N–H and O–H groups in total. The van der Waals surface area contributed by atoms with Crippen LogP contribution >= 0.6 is 0 Å². The maximum Gasteiger partial charge on any atom is 0.123 e. The number of nitrogens with zero attached hydrogens (tertiary/aromatic N) is 1. The molecule has 0 saturated heterocycles. The van der Waals surface area contributed by atoms with Crippen LogP contribution in [0.4, 0.5) is 0 Å². The van der Waals surface area contributed by atoms with Crippen LogP contribution in [0, 0.1) is 5.41 Å². The molecular formula is C19H28N2O2Si. The van der Waals surface area contributed by atoms with E-state index in [9.17, 15) is 0 Å². The van der Waals surface area contributed by atoms with Crippen molar-refractivity contribution in [3.05, 3.63) is 59.9 Å². The summed E-state index contributed by atoms with van der Waals surface area (Å²) in [6.45, 7) is 13.2. The van der Waals surface area contributed by atoms with Gasteiger partial charge in [-0.3, -0.25) is 5.41 Å². The van der Waals surface area contributed by atoms with E-state index in [4.69, 9.17) is 14.9 Å². The fourth-order valence-corrected chi connectivity index (χ4v) is 3.07. The van der Waals surface area contributed by atoms with Crippen LogP contribution in [0.1, 0.15) is 5.56 Å². The highest BCUT2D eigenvalue weighted by atomic mass is 28.3. The summed E-state index contributed by atoms with van der Waals surface area (Å²) in [7, 11) is -1.09. The summed E-state index contributed by atoms with van der Waals surface area (Å²) in [5, 5.41) is 7.97. The summed E-state index contributed by atoms with van der Waals surface area (Å²) in [4.78, 5) is 1.94. The van der Waals surface area contributed by atoms with Crippen LogP contribution in [0.3, 0.4) is 0 Å². The lowest BCUT2D eigenvalue weighted by Crippen LogP contribution is -2.27. The van der Waals surface area contributed by atoms with E-state index in [1.807, 2.05) is 41.3 Å². The van der Waals surface area contributed by atoms with Crippen molar-refractivity contribution in [1.82, 2.24) is 4.90 Å². The molecule has 4 nitrogen and oxygen atoms in total. The third-order valence-electron chi connectivity index (χ3n) is 3.87. The average molecular weight is 345 g/mol. The van der Waals surface area contributed by atoms with E-state index in [1.165, 1.54) is 0 Å². The molecule has 130 valence electrons. The van der Waals surface area contributed by atoms with Gasteiger partial charge >= 0.3 is 0 Å². The Kier molecular flexibility index (Phi) is 6.54. The highest BCUT2D eigenvalue weighted by Crippen LogP contribution is 2.22. The Labute approximate surface area is 146 Å². The number of rotatable bonds is 9. The van der Waals surface area contributed by atoms with E-state index in [0.29, 0.717) is 31.4 Å². The fourth-order valence-electron chi connectivity index (χ4n) is 2.31. The van der Waals surface area contributed by atoms with Gasteiger partial charge < -0.3 is 14.4 Å². The van der Waals surface area contributed by atoms with Gasteiger partial charge in [-0.25, -0.2) is 0 Å². The van der Waals surface area contributed by atoms with E-state index < -0.39 is 8.07 Å². The van der Waals surface area contributed by atoms with Crippen molar-refractivity contribution in [3.63, 3.8) is 0 Å². The first-order valence-corrected chi connectivity index (χ1v) is 12.0. The van der Waals surface area contributed by atoms with Gasteiger partial charge in [0.15, 0.2) is 0 Å². The smallest absolute Gasteiger partial charge is 0.123 e. The standard InChI is InChI=1S/C19H28N2O2Si/c1-16-19(20)12-18(14-23-13-17-8-6-5-7-9-17)21(16)15-22-10-11-24(2,3)4/h5-9,12,20H,1,10-11,13-15H2,2-4H3. The minimum atomic E-state index is -1.09. The number of hydrogen-bond donors (Lipinski definition) is 1. The number of ether oxygens (including phenoxy) is 2. The summed E-state index contributed by atoms with van der Waals surface area (Å²) in [5.41, 5.74) is 3.19. The van der Waals surface area contributed by atoms with Crippen molar-refractivity contribution in [2.45, 2.75) is 32.3 Å². The molecule has 5 heteroatoms. The molecule has 0 aliphatic carbocycles. The normalized spacial score (nSPS) is 15.1. The van der Waals surface area contributed by atoms with Gasteiger partial charge in [0.25, 0.3) is 0 Å². The van der Waals surface area contributed by atoms with Gasteiger partial charge in [0.05, 0.1) is 24.6 Å². The lowest BCUT2D eigenvalue weighted by molar-refractivity contribution is 0.0593. The molecule has 0 aromatic heterocycles. The summed E-state index contributed by atoms with van der Waals surface area (Å²) in [6, 6.07) is 11.2. The number of hydrogen-bond acceptors (Lipinski definition) is 4. The zero-order valence-electron chi connectivity index (χ0n) is 15.0. The highest BCUT2D eigenvalue weighted by molar-refractivity contribution is 6.76. The van der Waals surface area contributed by atoms with Crippen molar-refractivity contribution >= 4 is 13.8 Å². The average Bonchev–Trinajstić information content (AvgIpc) is 2.79. The van der Waals surface area contributed by atoms with Crippen LogP contribution < -0.4 is 0 Å². The summed E-state index contributed by atoms with van der Waals surface area (Å²) in [6.07, 6.45) is 1.81. The molecule has 1 aromatic carbocycles. The van der Waals surface area contributed by atoms with Crippen LogP contribution in [0.15, 0.2) is 54.4 Å². The zero-order chi connectivity index (χ0) is 17.6. The third-order valence-corrected chi connectivity index (χ3v) is 5.58. The van der Waals surface area contributed by atoms with Crippen molar-refractivity contribution in [2.75, 3.05) is 19.9 Å². The summed E-state index contributed by atoms with van der Waals surface area (Å²) in [5.74, 6) is 0. The van der Waals surface area contributed by atoms with E-state index >= 15 is 0 Å². The molecule has 0 saturated carbocycles. The molecule has 0 spiro atoms. The predicted octanol–water partition coefficient (Wildman–Crippen LogP) is 4.25. The van der Waals surface area contributed by atoms with Crippen LogP contribution in [-0.2, 0) is 16.1 Å². The molecule has 1 aliphatic rings. The SMILES string of the molecule is C=C1C(=N)C=C(COCc2ccccc2)N1COCC[Si](C)(C)C. The first kappa shape index (κ1) is 18.6. The van der Waals surface area contributed by atoms with Gasteiger partial charge in [-0.05, 0) is 17.7 Å². The topological polar surface area (TPSA) is 45.5 Å². The molecule has 0 bridgehead atoms. The minimum Gasteiger partial charge on any atom is -0.371 e. The van der Waals surface area contributed by atoms with Gasteiger partial charge in [0.1, 0.15) is 6.73 Å². The van der Waals surface area contributed by atoms with Gasteiger partial charge in [0.2, 0.25) is 0 Å². The van der Waals surface area contributed by atoms with E-state index in [1.54, 1.807) is 0 Å². The van der Waals surface area contributed by atoms with Gasteiger partial charge in [-0.15, -0.1) is 0 Å². The van der Waals surface area contributed by atoms with Crippen LogP contribution in [0.2, 0.25) is 25.7 Å². The first-order valence-electron chi connectivity index (χ1n) is 8.32. The molecule has 0 unspecified atom stereocenters. The molecule has 1 aromatic rings. The zero-order valence-corrected chi connectivity index (χ0v) is 16.0. The Morgan fingerprint density at radius 2 is 1.79 bits per heavy atom. The number of allylic oxidation sites excluding steroid dienone is 1. The molecule has 1 heterocycles. The minimum absolute atomic E-state index is 0.433. The summed E-state index contributed by atoms with van der Waals surface area (Å²) >= 11 is 0. The van der Waals surface area contributed by atoms with Gasteiger partial charge in [-0.1, -0.05) is 56.6 Å². The molecule has 0 fully saturated rings. The Hall–Kier alpha value is -1.69. The second kappa shape index (κ2) is 8.42. The van der Waals surface area contributed by atoms with Crippen molar-refractivity contribution in [3.8, 4) is 0 Å². The first-order chi connectivity index (χ1) is 11.4. The molecule has 1 aliphatic heterocycles. The Morgan fingerprint density at radius 3 is 2.46 bits per heavy atom. The van der Waals surface area contributed by atoms with E-state index in [0.717, 1.165) is 23.9 Å². The van der Waals surface area contributed by atoms with Crippen molar-refractivity contribution in [2.24, 2.45) is 0 Å². The van der Waals surface area contributed by atoms with Crippen LogP contribution in [-0.4, -0.2) is 38.6 Å². The molecule has 0 amide bonds.